The first-order valence-electron chi connectivity index (χ1n) is 7.92. The lowest BCUT2D eigenvalue weighted by molar-refractivity contribution is -0.143. The molecule has 2 atom stereocenters. The summed E-state index contributed by atoms with van der Waals surface area (Å²) in [4.78, 5) is 21.0. The summed E-state index contributed by atoms with van der Waals surface area (Å²) in [5, 5.41) is 10.8. The minimum atomic E-state index is -0.968. The maximum atomic E-state index is 11.7. The number of nitrogens with two attached hydrogens (primary N) is 1. The Labute approximate surface area is 143 Å². The van der Waals surface area contributed by atoms with Crippen molar-refractivity contribution in [2.75, 3.05) is 18.5 Å². The maximum absolute atomic E-state index is 11.7. The SMILES string of the molecule is C=CCOC(=O)[C@H](C)Nc1ccccc1C(C)CC.NCC(=O)O. The number of para-hydroxylation sites is 1. The fraction of sp³-hybridized carbons (Fsp3) is 0.444. The third-order valence-corrected chi connectivity index (χ3v) is 3.35. The van der Waals surface area contributed by atoms with E-state index < -0.39 is 5.97 Å². The predicted molar refractivity (Wildman–Crippen MR) is 96.1 cm³/mol. The molecule has 0 saturated heterocycles. The summed E-state index contributed by atoms with van der Waals surface area (Å²) in [6, 6.07) is 7.71. The molecular formula is C18H28N2O4. The molecule has 0 fully saturated rings. The van der Waals surface area contributed by atoms with Gasteiger partial charge in [0.1, 0.15) is 12.6 Å². The number of hydrogen-bond acceptors (Lipinski definition) is 5. The van der Waals surface area contributed by atoms with E-state index in [4.69, 9.17) is 9.84 Å². The molecule has 0 aromatic heterocycles. The van der Waals surface area contributed by atoms with Crippen LogP contribution in [0.1, 0.15) is 38.7 Å². The second-order valence-corrected chi connectivity index (χ2v) is 5.28. The molecule has 1 unspecified atom stereocenters. The fourth-order valence-electron chi connectivity index (χ4n) is 1.84. The van der Waals surface area contributed by atoms with Gasteiger partial charge in [0.25, 0.3) is 0 Å². The number of rotatable bonds is 8. The van der Waals surface area contributed by atoms with Crippen molar-refractivity contribution in [1.82, 2.24) is 0 Å². The molecular weight excluding hydrogens is 308 g/mol. The van der Waals surface area contributed by atoms with E-state index in [1.807, 2.05) is 18.2 Å². The van der Waals surface area contributed by atoms with Crippen LogP contribution < -0.4 is 11.1 Å². The molecule has 0 bridgehead atoms. The smallest absolute Gasteiger partial charge is 0.328 e. The van der Waals surface area contributed by atoms with E-state index in [1.54, 1.807) is 13.0 Å². The van der Waals surface area contributed by atoms with Crippen LogP contribution in [0.15, 0.2) is 36.9 Å². The fourth-order valence-corrected chi connectivity index (χ4v) is 1.84. The summed E-state index contributed by atoms with van der Waals surface area (Å²) in [6.07, 6.45) is 2.63. The molecule has 0 aliphatic rings. The standard InChI is InChI=1S/C16H23NO2.C2H5NO2/c1-5-11-19-16(18)13(4)17-15-10-8-7-9-14(15)12(3)6-2;3-1-2(4)5/h5,7-10,12-13,17H,1,6,11H2,2-4H3;1,3H2,(H,4,5)/t12?,13-;/m0./s1. The lowest BCUT2D eigenvalue weighted by Gasteiger charge is -2.19. The number of carbonyl (C=O) groups is 2. The van der Waals surface area contributed by atoms with Crippen molar-refractivity contribution < 1.29 is 19.4 Å². The summed E-state index contributed by atoms with van der Waals surface area (Å²) in [6.45, 7) is 9.64. The maximum Gasteiger partial charge on any atom is 0.328 e. The number of esters is 1. The number of carbonyl (C=O) groups excluding carboxylic acids is 1. The number of ether oxygens (including phenoxy) is 1. The van der Waals surface area contributed by atoms with Gasteiger partial charge in [0.15, 0.2) is 0 Å². The highest BCUT2D eigenvalue weighted by atomic mass is 16.5. The van der Waals surface area contributed by atoms with Crippen LogP contribution in [0.3, 0.4) is 0 Å². The second-order valence-electron chi connectivity index (χ2n) is 5.28. The summed E-state index contributed by atoms with van der Waals surface area (Å²) in [7, 11) is 0. The van der Waals surface area contributed by atoms with Crippen molar-refractivity contribution in [3.63, 3.8) is 0 Å². The number of hydrogen-bond donors (Lipinski definition) is 3. The average Bonchev–Trinajstić information content (AvgIpc) is 2.59. The Bertz CT molecular complexity index is 532. The minimum absolute atomic E-state index is 0.248. The van der Waals surface area contributed by atoms with Gasteiger partial charge in [0.2, 0.25) is 0 Å². The molecule has 0 heterocycles. The Morgan fingerprint density at radius 3 is 2.46 bits per heavy atom. The molecule has 134 valence electrons. The van der Waals surface area contributed by atoms with E-state index >= 15 is 0 Å². The highest BCUT2D eigenvalue weighted by Crippen LogP contribution is 2.26. The van der Waals surface area contributed by atoms with Gasteiger partial charge in [-0.2, -0.15) is 0 Å². The van der Waals surface area contributed by atoms with Crippen LogP contribution in [-0.2, 0) is 14.3 Å². The Hall–Kier alpha value is -2.34. The summed E-state index contributed by atoms with van der Waals surface area (Å²) < 4.78 is 5.03. The first kappa shape index (κ1) is 21.7. The lowest BCUT2D eigenvalue weighted by atomic mass is 9.96. The molecule has 0 aliphatic carbocycles. The predicted octanol–water partition coefficient (Wildman–Crippen LogP) is 2.76. The zero-order valence-corrected chi connectivity index (χ0v) is 14.6. The molecule has 1 aromatic rings. The van der Waals surface area contributed by atoms with E-state index in [0.717, 1.165) is 12.1 Å². The molecule has 6 nitrogen and oxygen atoms in total. The average molecular weight is 336 g/mol. The molecule has 0 aliphatic heterocycles. The molecule has 4 N–H and O–H groups in total. The van der Waals surface area contributed by atoms with Gasteiger partial charge in [-0.25, -0.2) is 4.79 Å². The van der Waals surface area contributed by atoms with E-state index in [-0.39, 0.29) is 25.2 Å². The third-order valence-electron chi connectivity index (χ3n) is 3.35. The van der Waals surface area contributed by atoms with Crippen LogP contribution in [-0.4, -0.2) is 36.2 Å². The van der Waals surface area contributed by atoms with Crippen LogP contribution in [0.4, 0.5) is 5.69 Å². The molecule has 24 heavy (non-hydrogen) atoms. The van der Waals surface area contributed by atoms with Crippen LogP contribution >= 0.6 is 0 Å². The number of carboxylic acids is 1. The molecule has 1 aromatic carbocycles. The van der Waals surface area contributed by atoms with Crippen LogP contribution in [0.25, 0.3) is 0 Å². The molecule has 0 radical (unpaired) electrons. The first-order chi connectivity index (χ1) is 11.4. The Morgan fingerprint density at radius 2 is 1.96 bits per heavy atom. The van der Waals surface area contributed by atoms with Crippen LogP contribution in [0, 0.1) is 0 Å². The summed E-state index contributed by atoms with van der Waals surface area (Å²) in [5.74, 6) is -0.774. The second kappa shape index (κ2) is 12.1. The zero-order chi connectivity index (χ0) is 18.5. The molecule has 0 amide bonds. The van der Waals surface area contributed by atoms with E-state index in [2.05, 4.69) is 37.5 Å². The molecule has 0 saturated carbocycles. The summed E-state index contributed by atoms with van der Waals surface area (Å²) in [5.41, 5.74) is 6.80. The van der Waals surface area contributed by atoms with Crippen molar-refractivity contribution in [2.45, 2.75) is 39.2 Å². The number of benzene rings is 1. The largest absolute Gasteiger partial charge is 0.480 e. The lowest BCUT2D eigenvalue weighted by Crippen LogP contribution is -2.28. The highest BCUT2D eigenvalue weighted by Gasteiger charge is 2.16. The molecule has 0 spiro atoms. The van der Waals surface area contributed by atoms with Crippen molar-refractivity contribution >= 4 is 17.6 Å². The van der Waals surface area contributed by atoms with Gasteiger partial charge in [-0.15, -0.1) is 0 Å². The van der Waals surface area contributed by atoms with Gasteiger partial charge in [-0.05, 0) is 30.9 Å². The molecule has 6 heteroatoms. The highest BCUT2D eigenvalue weighted by molar-refractivity contribution is 5.79. The number of carboxylic acid groups (broad SMARTS) is 1. The quantitative estimate of drug-likeness (QED) is 0.498. The van der Waals surface area contributed by atoms with Crippen molar-refractivity contribution in [3.05, 3.63) is 42.5 Å². The Kier molecular flexibility index (Phi) is 10.9. The van der Waals surface area contributed by atoms with Gasteiger partial charge in [0, 0.05) is 5.69 Å². The van der Waals surface area contributed by atoms with Gasteiger partial charge in [-0.1, -0.05) is 44.7 Å². The van der Waals surface area contributed by atoms with Gasteiger partial charge in [-0.3, -0.25) is 4.79 Å². The van der Waals surface area contributed by atoms with E-state index in [0.29, 0.717) is 5.92 Å². The Balaban J connectivity index is 0.000000922. The van der Waals surface area contributed by atoms with E-state index in [9.17, 15) is 9.59 Å². The number of anilines is 1. The normalized spacial score (nSPS) is 12.2. The van der Waals surface area contributed by atoms with Crippen molar-refractivity contribution in [1.29, 1.82) is 0 Å². The monoisotopic (exact) mass is 336 g/mol. The van der Waals surface area contributed by atoms with Gasteiger partial charge < -0.3 is 20.9 Å². The summed E-state index contributed by atoms with van der Waals surface area (Å²) >= 11 is 0. The van der Waals surface area contributed by atoms with Crippen molar-refractivity contribution in [2.24, 2.45) is 5.73 Å². The Morgan fingerprint density at radius 1 is 1.38 bits per heavy atom. The van der Waals surface area contributed by atoms with Gasteiger partial charge >= 0.3 is 11.9 Å². The third kappa shape index (κ3) is 8.33. The van der Waals surface area contributed by atoms with Gasteiger partial charge in [0.05, 0.1) is 6.54 Å². The number of aliphatic carboxylic acids is 1. The van der Waals surface area contributed by atoms with Crippen molar-refractivity contribution in [3.8, 4) is 0 Å². The number of nitrogens with one attached hydrogen (secondary N) is 1. The van der Waals surface area contributed by atoms with E-state index in [1.165, 1.54) is 5.56 Å². The van der Waals surface area contributed by atoms with Crippen LogP contribution in [0.2, 0.25) is 0 Å². The topological polar surface area (TPSA) is 102 Å². The first-order valence-corrected chi connectivity index (χ1v) is 7.92. The van der Waals surface area contributed by atoms with Crippen LogP contribution in [0.5, 0.6) is 0 Å². The zero-order valence-electron chi connectivity index (χ0n) is 14.6. The molecule has 1 rings (SSSR count). The minimum Gasteiger partial charge on any atom is -0.480 e.